The molecule has 2 aliphatic rings. The molecule has 2 aromatic rings. The van der Waals surface area contributed by atoms with Gasteiger partial charge in [-0.25, -0.2) is 4.98 Å². The van der Waals surface area contributed by atoms with Crippen LogP contribution in [-0.4, -0.2) is 16.3 Å². The standard InChI is InChI=1S/C19H22F2N2O3/c20-19(21)25-15-11-10-13-16(17(15)26-19)23-18(24)14(22-13)9-3-1-2-6-12-7-4-5-8-12/h10-12H,1-9H2,(H,23,24). The second-order valence-corrected chi connectivity index (χ2v) is 7.22. The van der Waals surface area contributed by atoms with Gasteiger partial charge in [0.25, 0.3) is 5.56 Å². The number of benzene rings is 1. The molecule has 140 valence electrons. The van der Waals surface area contributed by atoms with Gasteiger partial charge in [-0.1, -0.05) is 44.9 Å². The Kier molecular flexibility index (Phi) is 4.54. The number of rotatable bonds is 6. The molecule has 0 unspecified atom stereocenters. The average molecular weight is 364 g/mol. The lowest BCUT2D eigenvalue weighted by atomic mass is 9.99. The highest BCUT2D eigenvalue weighted by atomic mass is 19.3. The van der Waals surface area contributed by atoms with Crippen LogP contribution >= 0.6 is 0 Å². The Morgan fingerprint density at radius 3 is 2.77 bits per heavy atom. The fourth-order valence-corrected chi connectivity index (χ4v) is 3.97. The number of alkyl halides is 2. The maximum absolute atomic E-state index is 13.2. The van der Waals surface area contributed by atoms with E-state index in [1.807, 2.05) is 0 Å². The topological polar surface area (TPSA) is 64.2 Å². The number of unbranched alkanes of at least 4 members (excludes halogenated alkanes) is 2. The number of aryl methyl sites for hydroxylation is 1. The largest absolute Gasteiger partial charge is 0.586 e. The van der Waals surface area contributed by atoms with E-state index in [4.69, 9.17) is 0 Å². The van der Waals surface area contributed by atoms with E-state index in [0.29, 0.717) is 17.6 Å². The Hall–Kier alpha value is -2.18. The van der Waals surface area contributed by atoms with E-state index in [1.54, 1.807) is 6.07 Å². The summed E-state index contributed by atoms with van der Waals surface area (Å²) in [6.45, 7) is 0. The minimum atomic E-state index is -3.72. The minimum Gasteiger partial charge on any atom is -0.395 e. The number of H-pyrrole nitrogens is 1. The molecule has 0 radical (unpaired) electrons. The number of ether oxygens (including phenoxy) is 2. The van der Waals surface area contributed by atoms with Crippen molar-refractivity contribution in [1.29, 1.82) is 0 Å². The number of nitrogens with zero attached hydrogens (tertiary/aromatic N) is 1. The minimum absolute atomic E-state index is 0.0976. The summed E-state index contributed by atoms with van der Waals surface area (Å²) in [5, 5.41) is 0. The molecular weight excluding hydrogens is 342 g/mol. The van der Waals surface area contributed by atoms with Crippen molar-refractivity contribution >= 4 is 11.0 Å². The number of halogens is 2. The Morgan fingerprint density at radius 1 is 1.15 bits per heavy atom. The van der Waals surface area contributed by atoms with Crippen LogP contribution in [0.3, 0.4) is 0 Å². The predicted molar refractivity (Wildman–Crippen MR) is 92.7 cm³/mol. The number of nitrogens with one attached hydrogen (secondary N) is 1. The van der Waals surface area contributed by atoms with Gasteiger partial charge in [0.05, 0.1) is 5.52 Å². The van der Waals surface area contributed by atoms with E-state index >= 15 is 0 Å². The molecule has 1 aliphatic carbocycles. The molecule has 0 atom stereocenters. The van der Waals surface area contributed by atoms with Crippen LogP contribution in [0.2, 0.25) is 0 Å². The SMILES string of the molecule is O=c1[nH]c2c3c(ccc2nc1CCCCCC1CCCC1)OC(F)(F)O3. The van der Waals surface area contributed by atoms with Crippen molar-refractivity contribution in [2.24, 2.45) is 5.92 Å². The normalized spacial score (nSPS) is 18.7. The van der Waals surface area contributed by atoms with Gasteiger partial charge >= 0.3 is 6.29 Å². The molecule has 1 aliphatic heterocycles. The molecule has 26 heavy (non-hydrogen) atoms. The molecule has 0 bridgehead atoms. The smallest absolute Gasteiger partial charge is 0.395 e. The Morgan fingerprint density at radius 2 is 1.96 bits per heavy atom. The highest BCUT2D eigenvalue weighted by molar-refractivity contribution is 5.84. The first-order valence-electron chi connectivity index (χ1n) is 9.33. The van der Waals surface area contributed by atoms with Gasteiger partial charge in [0.1, 0.15) is 11.2 Å². The Balaban J connectivity index is 1.41. The fraction of sp³-hybridized carbons (Fsp3) is 0.579. The van der Waals surface area contributed by atoms with E-state index in [2.05, 4.69) is 19.4 Å². The fourth-order valence-electron chi connectivity index (χ4n) is 3.97. The lowest BCUT2D eigenvalue weighted by Crippen LogP contribution is -2.26. The van der Waals surface area contributed by atoms with Crippen molar-refractivity contribution in [3.63, 3.8) is 0 Å². The second kappa shape index (κ2) is 6.85. The van der Waals surface area contributed by atoms with Crippen molar-refractivity contribution < 1.29 is 18.3 Å². The van der Waals surface area contributed by atoms with Crippen LogP contribution in [0.1, 0.15) is 57.1 Å². The summed E-state index contributed by atoms with van der Waals surface area (Å²) in [5.41, 5.74) is 0.643. The van der Waals surface area contributed by atoms with Gasteiger partial charge in [0, 0.05) is 0 Å². The molecule has 7 heteroatoms. The van der Waals surface area contributed by atoms with Crippen LogP contribution in [0.5, 0.6) is 11.5 Å². The molecule has 0 saturated heterocycles. The zero-order valence-electron chi connectivity index (χ0n) is 14.5. The van der Waals surface area contributed by atoms with E-state index in [-0.39, 0.29) is 22.6 Å². The number of aromatic amines is 1. The number of hydrogen-bond donors (Lipinski definition) is 1. The first kappa shape index (κ1) is 17.2. The van der Waals surface area contributed by atoms with Crippen molar-refractivity contribution in [1.82, 2.24) is 9.97 Å². The molecule has 1 fully saturated rings. The number of aromatic nitrogens is 2. The Labute approximate surface area is 149 Å². The van der Waals surface area contributed by atoms with Crippen LogP contribution in [0.4, 0.5) is 8.78 Å². The molecule has 0 amide bonds. The van der Waals surface area contributed by atoms with E-state index in [1.165, 1.54) is 44.6 Å². The third-order valence-corrected chi connectivity index (χ3v) is 5.31. The van der Waals surface area contributed by atoms with E-state index in [0.717, 1.165) is 18.8 Å². The van der Waals surface area contributed by atoms with Crippen molar-refractivity contribution in [2.45, 2.75) is 64.1 Å². The van der Waals surface area contributed by atoms with Crippen LogP contribution in [0.15, 0.2) is 16.9 Å². The molecule has 1 N–H and O–H groups in total. The summed E-state index contributed by atoms with van der Waals surface area (Å²) < 4.78 is 35.4. The van der Waals surface area contributed by atoms with Gasteiger partial charge in [-0.3, -0.25) is 4.79 Å². The average Bonchev–Trinajstić information content (AvgIpc) is 3.21. The summed E-state index contributed by atoms with van der Waals surface area (Å²) in [5.74, 6) is 0.625. The summed E-state index contributed by atoms with van der Waals surface area (Å²) in [6.07, 6.45) is 6.76. The van der Waals surface area contributed by atoms with Crippen LogP contribution in [-0.2, 0) is 6.42 Å². The zero-order chi connectivity index (χ0) is 18.1. The molecule has 2 heterocycles. The van der Waals surface area contributed by atoms with Gasteiger partial charge in [-0.15, -0.1) is 8.78 Å². The first-order chi connectivity index (χ1) is 12.5. The van der Waals surface area contributed by atoms with E-state index < -0.39 is 6.29 Å². The summed E-state index contributed by atoms with van der Waals surface area (Å²) >= 11 is 0. The molecular formula is C19H22F2N2O3. The number of fused-ring (bicyclic) bond motifs is 3. The molecule has 4 rings (SSSR count). The monoisotopic (exact) mass is 364 g/mol. The van der Waals surface area contributed by atoms with Crippen molar-refractivity contribution in [3.8, 4) is 11.5 Å². The maximum atomic E-state index is 13.2. The van der Waals surface area contributed by atoms with Crippen molar-refractivity contribution in [2.75, 3.05) is 0 Å². The highest BCUT2D eigenvalue weighted by Crippen LogP contribution is 2.44. The van der Waals surface area contributed by atoms with Crippen molar-refractivity contribution in [3.05, 3.63) is 28.2 Å². The highest BCUT2D eigenvalue weighted by Gasteiger charge is 2.44. The lowest BCUT2D eigenvalue weighted by Gasteiger charge is -2.08. The summed E-state index contributed by atoms with van der Waals surface area (Å²) in [6, 6.07) is 2.94. The van der Waals surface area contributed by atoms with Gasteiger partial charge in [0.15, 0.2) is 11.5 Å². The summed E-state index contributed by atoms with van der Waals surface area (Å²) in [4.78, 5) is 19.2. The lowest BCUT2D eigenvalue weighted by molar-refractivity contribution is -0.286. The van der Waals surface area contributed by atoms with E-state index in [9.17, 15) is 13.6 Å². The predicted octanol–water partition coefficient (Wildman–Crippen LogP) is 4.54. The van der Waals surface area contributed by atoms with Gasteiger partial charge in [-0.2, -0.15) is 0 Å². The third kappa shape index (κ3) is 3.52. The quantitative estimate of drug-likeness (QED) is 0.765. The molecule has 0 spiro atoms. The number of hydrogen-bond acceptors (Lipinski definition) is 4. The molecule has 5 nitrogen and oxygen atoms in total. The molecule has 1 aromatic heterocycles. The van der Waals surface area contributed by atoms with Gasteiger partial charge < -0.3 is 14.5 Å². The van der Waals surface area contributed by atoms with Crippen LogP contribution in [0, 0.1) is 5.92 Å². The summed E-state index contributed by atoms with van der Waals surface area (Å²) in [7, 11) is 0. The van der Waals surface area contributed by atoms with Gasteiger partial charge in [0.2, 0.25) is 0 Å². The first-order valence-corrected chi connectivity index (χ1v) is 9.33. The van der Waals surface area contributed by atoms with Crippen LogP contribution in [0.25, 0.3) is 11.0 Å². The molecule has 1 aromatic carbocycles. The zero-order valence-corrected chi connectivity index (χ0v) is 14.5. The Bertz CT molecular complexity index is 860. The maximum Gasteiger partial charge on any atom is 0.586 e. The molecule has 1 saturated carbocycles. The van der Waals surface area contributed by atoms with Crippen LogP contribution < -0.4 is 15.0 Å². The third-order valence-electron chi connectivity index (χ3n) is 5.31. The van der Waals surface area contributed by atoms with Gasteiger partial charge in [-0.05, 0) is 30.9 Å². The second-order valence-electron chi connectivity index (χ2n) is 7.22.